The summed E-state index contributed by atoms with van der Waals surface area (Å²) in [4.78, 5) is 15.7. The maximum Gasteiger partial charge on any atom is 0.320 e. The fourth-order valence-corrected chi connectivity index (χ4v) is 2.08. The Kier molecular flexibility index (Phi) is 3.60. The van der Waals surface area contributed by atoms with Gasteiger partial charge in [0.15, 0.2) is 0 Å². The number of hydrogen-bond acceptors (Lipinski definition) is 2. The van der Waals surface area contributed by atoms with Gasteiger partial charge in [0, 0.05) is 19.6 Å². The standard InChI is InChI=1S/C11H22N2O2/c1-5-12(6-2)10(15)13-8-7-9(14)11(13,3)4/h9,14H,5-8H2,1-4H3. The second kappa shape index (κ2) is 4.39. The molecule has 0 aromatic carbocycles. The number of amides is 2. The van der Waals surface area contributed by atoms with Gasteiger partial charge in [-0.2, -0.15) is 0 Å². The van der Waals surface area contributed by atoms with Crippen LogP contribution in [0.2, 0.25) is 0 Å². The third-order valence-corrected chi connectivity index (χ3v) is 3.40. The molecule has 0 bridgehead atoms. The highest BCUT2D eigenvalue weighted by Crippen LogP contribution is 2.29. The first-order valence-corrected chi connectivity index (χ1v) is 5.69. The molecule has 1 saturated heterocycles. The van der Waals surface area contributed by atoms with Crippen LogP contribution in [0.4, 0.5) is 4.79 Å². The van der Waals surface area contributed by atoms with Crippen molar-refractivity contribution < 1.29 is 9.90 Å². The molecule has 2 amide bonds. The molecule has 1 aliphatic rings. The zero-order valence-corrected chi connectivity index (χ0v) is 10.2. The Morgan fingerprint density at radius 3 is 2.33 bits per heavy atom. The lowest BCUT2D eigenvalue weighted by molar-refractivity contribution is 0.0590. The Morgan fingerprint density at radius 1 is 1.47 bits per heavy atom. The van der Waals surface area contributed by atoms with Crippen molar-refractivity contribution in [2.75, 3.05) is 19.6 Å². The molecular formula is C11H22N2O2. The molecule has 1 unspecified atom stereocenters. The van der Waals surface area contributed by atoms with Gasteiger partial charge in [-0.25, -0.2) is 4.79 Å². The van der Waals surface area contributed by atoms with Crippen molar-refractivity contribution in [3.8, 4) is 0 Å². The average molecular weight is 214 g/mol. The Labute approximate surface area is 91.9 Å². The number of hydrogen-bond donors (Lipinski definition) is 1. The first kappa shape index (κ1) is 12.3. The molecular weight excluding hydrogens is 192 g/mol. The summed E-state index contributed by atoms with van der Waals surface area (Å²) in [7, 11) is 0. The first-order valence-electron chi connectivity index (χ1n) is 5.69. The van der Waals surface area contributed by atoms with Crippen LogP contribution in [0.1, 0.15) is 34.1 Å². The van der Waals surface area contributed by atoms with Crippen LogP contribution in [0.5, 0.6) is 0 Å². The van der Waals surface area contributed by atoms with Gasteiger partial charge in [0.2, 0.25) is 0 Å². The summed E-state index contributed by atoms with van der Waals surface area (Å²) in [6, 6.07) is 0.0431. The van der Waals surface area contributed by atoms with Gasteiger partial charge in [0.1, 0.15) is 0 Å². The van der Waals surface area contributed by atoms with E-state index < -0.39 is 11.6 Å². The lowest BCUT2D eigenvalue weighted by Gasteiger charge is -2.37. The largest absolute Gasteiger partial charge is 0.391 e. The summed E-state index contributed by atoms with van der Waals surface area (Å²) in [5, 5.41) is 9.79. The molecule has 0 spiro atoms. The van der Waals surface area contributed by atoms with Crippen molar-refractivity contribution >= 4 is 6.03 Å². The molecule has 15 heavy (non-hydrogen) atoms. The number of aliphatic hydroxyl groups excluding tert-OH is 1. The number of nitrogens with zero attached hydrogens (tertiary/aromatic N) is 2. The van der Waals surface area contributed by atoms with Crippen LogP contribution < -0.4 is 0 Å². The number of carbonyl (C=O) groups is 1. The number of likely N-dealkylation sites (tertiary alicyclic amines) is 1. The summed E-state index contributed by atoms with van der Waals surface area (Å²) < 4.78 is 0. The van der Waals surface area contributed by atoms with E-state index in [4.69, 9.17) is 0 Å². The third kappa shape index (κ3) is 2.09. The second-order valence-corrected chi connectivity index (χ2v) is 4.56. The normalized spacial score (nSPS) is 24.3. The van der Waals surface area contributed by atoms with Gasteiger partial charge in [-0.05, 0) is 34.1 Å². The van der Waals surface area contributed by atoms with Crippen LogP contribution in [-0.2, 0) is 0 Å². The van der Waals surface area contributed by atoms with Crippen LogP contribution in [0.3, 0.4) is 0 Å². The SMILES string of the molecule is CCN(CC)C(=O)N1CCC(O)C1(C)C. The van der Waals surface area contributed by atoms with Crippen LogP contribution in [0.25, 0.3) is 0 Å². The predicted octanol–water partition coefficient (Wildman–Crippen LogP) is 1.29. The van der Waals surface area contributed by atoms with E-state index in [0.717, 1.165) is 13.1 Å². The number of rotatable bonds is 2. The van der Waals surface area contributed by atoms with Gasteiger partial charge in [-0.15, -0.1) is 0 Å². The molecule has 1 rings (SSSR count). The van der Waals surface area contributed by atoms with Gasteiger partial charge in [0.25, 0.3) is 0 Å². The molecule has 88 valence electrons. The number of urea groups is 1. The van der Waals surface area contributed by atoms with Gasteiger partial charge >= 0.3 is 6.03 Å². The minimum Gasteiger partial charge on any atom is -0.391 e. The monoisotopic (exact) mass is 214 g/mol. The topological polar surface area (TPSA) is 43.8 Å². The highest BCUT2D eigenvalue weighted by molar-refractivity contribution is 5.75. The summed E-state index contributed by atoms with van der Waals surface area (Å²) in [6.45, 7) is 9.89. The van der Waals surface area contributed by atoms with Crippen LogP contribution in [-0.4, -0.2) is 52.2 Å². The van der Waals surface area contributed by atoms with Gasteiger partial charge < -0.3 is 14.9 Å². The zero-order chi connectivity index (χ0) is 11.6. The maximum atomic E-state index is 12.1. The van der Waals surface area contributed by atoms with Crippen molar-refractivity contribution in [3.63, 3.8) is 0 Å². The highest BCUT2D eigenvalue weighted by atomic mass is 16.3. The fourth-order valence-electron chi connectivity index (χ4n) is 2.08. The van der Waals surface area contributed by atoms with E-state index in [0.29, 0.717) is 13.0 Å². The zero-order valence-electron chi connectivity index (χ0n) is 10.2. The summed E-state index contributed by atoms with van der Waals surface area (Å²) >= 11 is 0. The third-order valence-electron chi connectivity index (χ3n) is 3.40. The van der Waals surface area contributed by atoms with E-state index in [1.165, 1.54) is 0 Å². The minimum atomic E-state index is -0.431. The lowest BCUT2D eigenvalue weighted by Crippen LogP contribution is -2.52. The summed E-state index contributed by atoms with van der Waals surface area (Å²) in [5.41, 5.74) is -0.431. The predicted molar refractivity (Wildman–Crippen MR) is 59.7 cm³/mol. The van der Waals surface area contributed by atoms with Crippen LogP contribution >= 0.6 is 0 Å². The number of carbonyl (C=O) groups excluding carboxylic acids is 1. The van der Waals surface area contributed by atoms with E-state index in [9.17, 15) is 9.90 Å². The molecule has 0 aliphatic carbocycles. The highest BCUT2D eigenvalue weighted by Gasteiger charge is 2.43. The maximum absolute atomic E-state index is 12.1. The molecule has 4 nitrogen and oxygen atoms in total. The van der Waals surface area contributed by atoms with Crippen molar-refractivity contribution in [2.45, 2.75) is 45.8 Å². The molecule has 1 atom stereocenters. The fraction of sp³-hybridized carbons (Fsp3) is 0.909. The summed E-state index contributed by atoms with van der Waals surface area (Å²) in [5.74, 6) is 0. The molecule has 0 aromatic heterocycles. The van der Waals surface area contributed by atoms with E-state index in [1.54, 1.807) is 9.80 Å². The minimum absolute atomic E-state index is 0.0431. The first-order chi connectivity index (χ1) is 6.95. The van der Waals surface area contributed by atoms with Crippen molar-refractivity contribution in [1.82, 2.24) is 9.80 Å². The van der Waals surface area contributed by atoms with E-state index in [1.807, 2.05) is 27.7 Å². The average Bonchev–Trinajstić information content (AvgIpc) is 2.44. The Morgan fingerprint density at radius 2 is 2.00 bits per heavy atom. The molecule has 1 heterocycles. The van der Waals surface area contributed by atoms with Crippen molar-refractivity contribution in [2.24, 2.45) is 0 Å². The Balaban J connectivity index is 2.76. The molecule has 1 aliphatic heterocycles. The molecule has 1 N–H and O–H groups in total. The molecule has 0 radical (unpaired) electrons. The van der Waals surface area contributed by atoms with E-state index in [-0.39, 0.29) is 6.03 Å². The molecule has 0 aromatic rings. The molecule has 0 saturated carbocycles. The molecule has 4 heteroatoms. The van der Waals surface area contributed by atoms with Gasteiger partial charge in [-0.3, -0.25) is 0 Å². The van der Waals surface area contributed by atoms with Crippen LogP contribution in [0, 0.1) is 0 Å². The van der Waals surface area contributed by atoms with Gasteiger partial charge in [-0.1, -0.05) is 0 Å². The lowest BCUT2D eigenvalue weighted by atomic mass is 9.99. The van der Waals surface area contributed by atoms with Gasteiger partial charge in [0.05, 0.1) is 11.6 Å². The molecule has 1 fully saturated rings. The Bertz CT molecular complexity index is 237. The van der Waals surface area contributed by atoms with E-state index >= 15 is 0 Å². The smallest absolute Gasteiger partial charge is 0.320 e. The summed E-state index contributed by atoms with van der Waals surface area (Å²) in [6.07, 6.45) is 0.275. The number of aliphatic hydroxyl groups is 1. The van der Waals surface area contributed by atoms with E-state index in [2.05, 4.69) is 0 Å². The second-order valence-electron chi connectivity index (χ2n) is 4.56. The van der Waals surface area contributed by atoms with Crippen molar-refractivity contribution in [3.05, 3.63) is 0 Å². The Hall–Kier alpha value is -0.770. The quantitative estimate of drug-likeness (QED) is 0.753. The van der Waals surface area contributed by atoms with Crippen molar-refractivity contribution in [1.29, 1.82) is 0 Å². The van der Waals surface area contributed by atoms with Crippen LogP contribution in [0.15, 0.2) is 0 Å².